The van der Waals surface area contributed by atoms with E-state index in [4.69, 9.17) is 0 Å². The van der Waals surface area contributed by atoms with Crippen molar-refractivity contribution >= 4 is 15.7 Å². The number of hydrogen-bond acceptors (Lipinski definition) is 6. The van der Waals surface area contributed by atoms with Gasteiger partial charge >= 0.3 is 0 Å². The third-order valence-electron chi connectivity index (χ3n) is 5.10. The van der Waals surface area contributed by atoms with Gasteiger partial charge in [0.1, 0.15) is 5.69 Å². The Labute approximate surface area is 180 Å². The maximum atomic E-state index is 13.0. The van der Waals surface area contributed by atoms with E-state index in [1.807, 2.05) is 6.07 Å². The van der Waals surface area contributed by atoms with Crippen LogP contribution in [0.2, 0.25) is 0 Å². The molecule has 8 nitrogen and oxygen atoms in total. The second-order valence-electron chi connectivity index (χ2n) is 7.28. The molecule has 31 heavy (non-hydrogen) atoms. The number of rotatable bonds is 3. The van der Waals surface area contributed by atoms with E-state index in [9.17, 15) is 18.3 Å². The summed E-state index contributed by atoms with van der Waals surface area (Å²) >= 11 is 0. The van der Waals surface area contributed by atoms with Gasteiger partial charge in [-0.25, -0.2) is 18.1 Å². The first kappa shape index (κ1) is 20.8. The summed E-state index contributed by atoms with van der Waals surface area (Å²) < 4.78 is 25.3. The molecule has 1 amide bonds. The molecule has 158 valence electrons. The Morgan fingerprint density at radius 3 is 2.65 bits per heavy atom. The molecule has 0 spiro atoms. The van der Waals surface area contributed by atoms with Crippen LogP contribution in [0.3, 0.4) is 0 Å². The van der Waals surface area contributed by atoms with E-state index in [0.717, 1.165) is 0 Å². The topological polar surface area (TPSA) is 105 Å². The van der Waals surface area contributed by atoms with Crippen LogP contribution in [0.15, 0.2) is 61.1 Å². The summed E-state index contributed by atoms with van der Waals surface area (Å²) in [6.07, 6.45) is 3.96. The summed E-state index contributed by atoms with van der Waals surface area (Å²) in [5, 5.41) is 14.3. The van der Waals surface area contributed by atoms with Gasteiger partial charge < -0.3 is 10.0 Å². The van der Waals surface area contributed by atoms with Gasteiger partial charge in [0.05, 0.1) is 34.9 Å². The van der Waals surface area contributed by atoms with Crippen molar-refractivity contribution in [2.75, 3.05) is 18.6 Å². The lowest BCUT2D eigenvalue weighted by atomic mass is 10.1. The SMILES string of the molecule is CN(C(=O)c1ccc(-n2cccn2)c(C#Cc2ccccn2)c1)[C@H]1CS(=O)(=O)C[C@@H]1O. The summed E-state index contributed by atoms with van der Waals surface area (Å²) in [6, 6.07) is 11.4. The molecule has 0 aliphatic carbocycles. The molecule has 0 bridgehead atoms. The van der Waals surface area contributed by atoms with Crippen molar-refractivity contribution in [3.8, 4) is 17.5 Å². The van der Waals surface area contributed by atoms with Crippen LogP contribution in [0.4, 0.5) is 0 Å². The van der Waals surface area contributed by atoms with Crippen molar-refractivity contribution in [1.82, 2.24) is 19.7 Å². The normalized spacial score (nSPS) is 19.4. The third-order valence-corrected chi connectivity index (χ3v) is 6.79. The van der Waals surface area contributed by atoms with Gasteiger partial charge in [-0.2, -0.15) is 5.10 Å². The molecular formula is C22H20N4O4S. The first-order valence-corrected chi connectivity index (χ1v) is 11.4. The zero-order chi connectivity index (χ0) is 22.0. The Morgan fingerprint density at radius 2 is 2.00 bits per heavy atom. The van der Waals surface area contributed by atoms with E-state index in [2.05, 4.69) is 21.9 Å². The first-order chi connectivity index (χ1) is 14.8. The molecule has 2 atom stereocenters. The molecule has 3 aromatic rings. The highest BCUT2D eigenvalue weighted by atomic mass is 32.2. The van der Waals surface area contributed by atoms with Crippen LogP contribution in [-0.2, 0) is 9.84 Å². The molecule has 0 unspecified atom stereocenters. The Kier molecular flexibility index (Phi) is 5.59. The Bertz CT molecular complexity index is 1260. The molecule has 3 heterocycles. The van der Waals surface area contributed by atoms with Crippen LogP contribution in [0, 0.1) is 11.8 Å². The number of nitrogens with zero attached hydrogens (tertiary/aromatic N) is 4. The van der Waals surface area contributed by atoms with Crippen LogP contribution < -0.4 is 0 Å². The minimum atomic E-state index is -3.37. The van der Waals surface area contributed by atoms with Crippen molar-refractivity contribution in [3.05, 3.63) is 77.9 Å². The fourth-order valence-electron chi connectivity index (χ4n) is 3.48. The number of benzene rings is 1. The molecular weight excluding hydrogens is 416 g/mol. The molecule has 1 fully saturated rings. The molecule has 0 radical (unpaired) electrons. The number of pyridine rings is 1. The number of hydrogen-bond donors (Lipinski definition) is 1. The Hall–Kier alpha value is -3.48. The lowest BCUT2D eigenvalue weighted by molar-refractivity contribution is 0.0581. The molecule has 1 saturated heterocycles. The maximum absolute atomic E-state index is 13.0. The average molecular weight is 436 g/mol. The number of aliphatic hydroxyl groups is 1. The number of amides is 1. The standard InChI is InChI=1S/C22H20N4O4S/c1-25(20-14-31(29,30)15-21(20)27)22(28)17-7-9-19(26-12-4-11-24-26)16(13-17)6-8-18-5-2-3-10-23-18/h2-5,7,9-13,20-21,27H,14-15H2,1H3/t20-,21-/m0/s1. The summed E-state index contributed by atoms with van der Waals surface area (Å²) in [6.45, 7) is 0. The van der Waals surface area contributed by atoms with Crippen LogP contribution in [0.5, 0.6) is 0 Å². The van der Waals surface area contributed by atoms with Gasteiger partial charge in [-0.3, -0.25) is 4.79 Å². The molecule has 1 aromatic carbocycles. The number of aromatic nitrogens is 3. The predicted octanol–water partition coefficient (Wildman–Crippen LogP) is 0.897. The van der Waals surface area contributed by atoms with E-state index >= 15 is 0 Å². The number of carbonyl (C=O) groups excluding carboxylic acids is 1. The van der Waals surface area contributed by atoms with Crippen molar-refractivity contribution in [2.45, 2.75) is 12.1 Å². The van der Waals surface area contributed by atoms with Crippen LogP contribution in [0.1, 0.15) is 21.6 Å². The fourth-order valence-corrected chi connectivity index (χ4v) is 5.33. The van der Waals surface area contributed by atoms with Crippen molar-refractivity contribution < 1.29 is 18.3 Å². The van der Waals surface area contributed by atoms with Gasteiger partial charge in [-0.1, -0.05) is 12.0 Å². The second-order valence-corrected chi connectivity index (χ2v) is 9.43. The minimum absolute atomic E-state index is 0.256. The number of likely N-dealkylation sites (N-methyl/N-ethyl adjacent to an activating group) is 1. The van der Waals surface area contributed by atoms with Gasteiger partial charge in [0.15, 0.2) is 9.84 Å². The van der Waals surface area contributed by atoms with Gasteiger partial charge in [0.2, 0.25) is 0 Å². The van der Waals surface area contributed by atoms with Gasteiger partial charge in [-0.05, 0) is 42.3 Å². The summed E-state index contributed by atoms with van der Waals surface area (Å²) in [4.78, 5) is 18.5. The van der Waals surface area contributed by atoms with E-state index in [1.54, 1.807) is 59.7 Å². The molecule has 2 aromatic heterocycles. The quantitative estimate of drug-likeness (QED) is 0.612. The first-order valence-electron chi connectivity index (χ1n) is 9.57. The highest BCUT2D eigenvalue weighted by Gasteiger charge is 2.40. The minimum Gasteiger partial charge on any atom is -0.390 e. The number of carbonyl (C=O) groups is 1. The molecule has 1 aliphatic heterocycles. The zero-order valence-corrected chi connectivity index (χ0v) is 17.5. The zero-order valence-electron chi connectivity index (χ0n) is 16.7. The van der Waals surface area contributed by atoms with Gasteiger partial charge in [0, 0.05) is 31.2 Å². The number of sulfone groups is 1. The molecule has 4 rings (SSSR count). The average Bonchev–Trinajstić information content (AvgIpc) is 3.39. The molecule has 0 saturated carbocycles. The van der Waals surface area contributed by atoms with Crippen LogP contribution in [0.25, 0.3) is 5.69 Å². The molecule has 9 heteroatoms. The third kappa shape index (κ3) is 4.50. The summed E-state index contributed by atoms with van der Waals surface area (Å²) in [5.41, 5.74) is 2.17. The predicted molar refractivity (Wildman–Crippen MR) is 114 cm³/mol. The van der Waals surface area contributed by atoms with Crippen LogP contribution >= 0.6 is 0 Å². The summed E-state index contributed by atoms with van der Waals surface area (Å²) in [7, 11) is -1.88. The second kappa shape index (κ2) is 8.34. The Balaban J connectivity index is 1.69. The van der Waals surface area contributed by atoms with E-state index in [-0.39, 0.29) is 11.5 Å². The fraction of sp³-hybridized carbons (Fsp3) is 0.227. The monoisotopic (exact) mass is 436 g/mol. The smallest absolute Gasteiger partial charge is 0.254 e. The highest BCUT2D eigenvalue weighted by Crippen LogP contribution is 2.21. The Morgan fingerprint density at radius 1 is 1.16 bits per heavy atom. The van der Waals surface area contributed by atoms with E-state index in [1.165, 1.54) is 11.9 Å². The van der Waals surface area contributed by atoms with Gasteiger partial charge in [0.25, 0.3) is 5.91 Å². The summed E-state index contributed by atoms with van der Waals surface area (Å²) in [5.74, 6) is 5.05. The van der Waals surface area contributed by atoms with Crippen molar-refractivity contribution in [2.24, 2.45) is 0 Å². The maximum Gasteiger partial charge on any atom is 0.254 e. The van der Waals surface area contributed by atoms with Crippen LogP contribution in [-0.4, -0.2) is 69.8 Å². The van der Waals surface area contributed by atoms with Gasteiger partial charge in [-0.15, -0.1) is 0 Å². The molecule has 1 aliphatic rings. The van der Waals surface area contributed by atoms with E-state index < -0.39 is 27.9 Å². The number of aliphatic hydroxyl groups excluding tert-OH is 1. The lowest BCUT2D eigenvalue weighted by Gasteiger charge is -2.26. The molecule has 1 N–H and O–H groups in total. The van der Waals surface area contributed by atoms with Crippen molar-refractivity contribution in [3.63, 3.8) is 0 Å². The highest BCUT2D eigenvalue weighted by molar-refractivity contribution is 7.91. The lowest BCUT2D eigenvalue weighted by Crippen LogP contribution is -2.44. The largest absolute Gasteiger partial charge is 0.390 e. The van der Waals surface area contributed by atoms with E-state index in [0.29, 0.717) is 22.5 Å². The van der Waals surface area contributed by atoms with Crippen molar-refractivity contribution in [1.29, 1.82) is 0 Å².